The summed E-state index contributed by atoms with van der Waals surface area (Å²) in [6.07, 6.45) is 2.73. The Morgan fingerprint density at radius 3 is 2.38 bits per heavy atom. The molecule has 0 amide bonds. The molecule has 8 heavy (non-hydrogen) atoms. The van der Waals surface area contributed by atoms with Gasteiger partial charge in [-0.3, -0.25) is 5.41 Å². The lowest BCUT2D eigenvalue weighted by atomic mass is 10.5. The summed E-state index contributed by atoms with van der Waals surface area (Å²) in [7, 11) is 0. The number of hydrogen-bond donors (Lipinski definition) is 2. The quantitative estimate of drug-likeness (QED) is 0.473. The number of thioether (sulfide) groups is 1. The van der Waals surface area contributed by atoms with E-state index in [9.17, 15) is 0 Å². The number of halogens is 1. The first-order chi connectivity index (χ1) is 3.27. The fourth-order valence-electron chi connectivity index (χ4n) is 0.212. The van der Waals surface area contributed by atoms with Crippen molar-refractivity contribution >= 4 is 30.0 Å². The molecule has 0 aliphatic carbocycles. The molecule has 0 fully saturated rings. The molecule has 4 heteroatoms. The van der Waals surface area contributed by atoms with Crippen LogP contribution < -0.4 is 5.73 Å². The monoisotopic (exact) mass is 154 g/mol. The molecule has 0 aliphatic rings. The van der Waals surface area contributed by atoms with Crippen molar-refractivity contribution in [2.75, 3.05) is 12.0 Å². The van der Waals surface area contributed by atoms with Gasteiger partial charge in [-0.1, -0.05) is 0 Å². The van der Waals surface area contributed by atoms with Gasteiger partial charge >= 0.3 is 0 Å². The topological polar surface area (TPSA) is 49.9 Å². The Balaban J connectivity index is 0. The fourth-order valence-corrected chi connectivity index (χ4v) is 0.636. The molecule has 3 N–H and O–H groups in total. The Morgan fingerprint density at radius 1 is 1.75 bits per heavy atom. The second-order valence-corrected chi connectivity index (χ2v) is 2.25. The van der Waals surface area contributed by atoms with E-state index in [0.29, 0.717) is 0 Å². The first-order valence-corrected chi connectivity index (χ1v) is 3.48. The largest absolute Gasteiger partial charge is 0.388 e. The number of amidine groups is 1. The predicted octanol–water partition coefficient (Wildman–Crippen LogP) is 1.10. The number of nitrogens with one attached hydrogen (secondary N) is 1. The van der Waals surface area contributed by atoms with Crippen LogP contribution in [0.2, 0.25) is 0 Å². The summed E-state index contributed by atoms with van der Waals surface area (Å²) >= 11 is 1.71. The Bertz CT molecular complexity index is 67.1. The molecule has 0 saturated heterocycles. The van der Waals surface area contributed by atoms with Gasteiger partial charge in [0.1, 0.15) is 0 Å². The standard InChI is InChI=1S/C4H10N2S.ClH/c1-7-3-2-4(5)6;/h2-3H2,1H3,(H3,5,6);1H. The molecule has 0 atom stereocenters. The van der Waals surface area contributed by atoms with Crippen LogP contribution in [0.3, 0.4) is 0 Å². The van der Waals surface area contributed by atoms with Crippen molar-refractivity contribution in [3.8, 4) is 0 Å². The van der Waals surface area contributed by atoms with Crippen LogP contribution in [0.4, 0.5) is 0 Å². The maximum absolute atomic E-state index is 6.76. The third kappa shape index (κ3) is 9.44. The summed E-state index contributed by atoms with van der Waals surface area (Å²) in [4.78, 5) is 0. The molecule has 50 valence electrons. The molecule has 0 saturated carbocycles. The van der Waals surface area contributed by atoms with E-state index < -0.39 is 0 Å². The van der Waals surface area contributed by atoms with E-state index >= 15 is 0 Å². The van der Waals surface area contributed by atoms with Crippen LogP contribution in [-0.2, 0) is 0 Å². The lowest BCUT2D eigenvalue weighted by Crippen LogP contribution is -2.09. The summed E-state index contributed by atoms with van der Waals surface area (Å²) in [6, 6.07) is 0. The third-order valence-corrected chi connectivity index (χ3v) is 1.19. The van der Waals surface area contributed by atoms with Gasteiger partial charge in [0, 0.05) is 6.42 Å². The first kappa shape index (κ1) is 11.0. The van der Waals surface area contributed by atoms with Gasteiger partial charge in [0.2, 0.25) is 0 Å². The van der Waals surface area contributed by atoms with Crippen molar-refractivity contribution in [2.24, 2.45) is 5.73 Å². The third-order valence-electron chi connectivity index (χ3n) is 0.576. The number of hydrogen-bond acceptors (Lipinski definition) is 2. The van der Waals surface area contributed by atoms with Crippen molar-refractivity contribution in [3.63, 3.8) is 0 Å². The van der Waals surface area contributed by atoms with Crippen LogP contribution in [0.15, 0.2) is 0 Å². The molecule has 0 rings (SSSR count). The number of rotatable bonds is 3. The van der Waals surface area contributed by atoms with Gasteiger partial charge in [0.25, 0.3) is 0 Å². The predicted molar refractivity (Wildman–Crippen MR) is 42.2 cm³/mol. The molecule has 0 aliphatic heterocycles. The van der Waals surface area contributed by atoms with E-state index in [1.165, 1.54) is 0 Å². The highest BCUT2D eigenvalue weighted by molar-refractivity contribution is 7.98. The average molecular weight is 155 g/mol. The smallest absolute Gasteiger partial charge is 0.0913 e. The van der Waals surface area contributed by atoms with E-state index in [2.05, 4.69) is 0 Å². The molecule has 0 aromatic carbocycles. The lowest BCUT2D eigenvalue weighted by Gasteiger charge is -1.90. The van der Waals surface area contributed by atoms with Crippen LogP contribution in [0.5, 0.6) is 0 Å². The highest BCUT2D eigenvalue weighted by Gasteiger charge is 1.84. The van der Waals surface area contributed by atoms with E-state index in [0.717, 1.165) is 12.2 Å². The minimum absolute atomic E-state index is 0. The zero-order valence-corrected chi connectivity index (χ0v) is 6.44. The Hall–Kier alpha value is 0.110. The summed E-state index contributed by atoms with van der Waals surface area (Å²) < 4.78 is 0. The van der Waals surface area contributed by atoms with Crippen molar-refractivity contribution in [1.29, 1.82) is 5.41 Å². The summed E-state index contributed by atoms with van der Waals surface area (Å²) in [5.41, 5.74) is 5.05. The zero-order valence-electron chi connectivity index (χ0n) is 4.81. The van der Waals surface area contributed by atoms with Crippen molar-refractivity contribution in [3.05, 3.63) is 0 Å². The SMILES string of the molecule is CSCCC(=N)N.Cl. The Labute approximate surface area is 60.1 Å². The second kappa shape index (κ2) is 7.11. The van der Waals surface area contributed by atoms with Gasteiger partial charge in [-0.15, -0.1) is 12.4 Å². The second-order valence-electron chi connectivity index (χ2n) is 1.27. The normalized spacial score (nSPS) is 7.62. The van der Waals surface area contributed by atoms with E-state index in [-0.39, 0.29) is 18.2 Å². The fraction of sp³-hybridized carbons (Fsp3) is 0.750. The highest BCUT2D eigenvalue weighted by Crippen LogP contribution is 1.92. The summed E-state index contributed by atoms with van der Waals surface area (Å²) in [6.45, 7) is 0. The van der Waals surface area contributed by atoms with Gasteiger partial charge in [-0.05, 0) is 12.0 Å². The Kier molecular flexibility index (Phi) is 9.76. The first-order valence-electron chi connectivity index (χ1n) is 2.09. The molecule has 0 unspecified atom stereocenters. The van der Waals surface area contributed by atoms with Crippen LogP contribution in [0, 0.1) is 5.41 Å². The van der Waals surface area contributed by atoms with Crippen LogP contribution in [0.25, 0.3) is 0 Å². The molecule has 0 bridgehead atoms. The minimum atomic E-state index is 0. The van der Waals surface area contributed by atoms with Crippen molar-refractivity contribution in [2.45, 2.75) is 6.42 Å². The van der Waals surface area contributed by atoms with Gasteiger partial charge in [0.15, 0.2) is 0 Å². The molecular formula is C4H11ClN2S. The molecular weight excluding hydrogens is 144 g/mol. The average Bonchev–Trinajstić information content (AvgIpc) is 1.61. The van der Waals surface area contributed by atoms with Gasteiger partial charge < -0.3 is 5.73 Å². The molecule has 2 nitrogen and oxygen atoms in total. The molecule has 0 aromatic heterocycles. The van der Waals surface area contributed by atoms with Crippen LogP contribution in [-0.4, -0.2) is 17.8 Å². The summed E-state index contributed by atoms with van der Waals surface area (Å²) in [5, 5.41) is 6.76. The van der Waals surface area contributed by atoms with E-state index in [4.69, 9.17) is 11.1 Å². The van der Waals surface area contributed by atoms with Crippen molar-refractivity contribution in [1.82, 2.24) is 0 Å². The molecule has 0 spiro atoms. The van der Waals surface area contributed by atoms with Gasteiger partial charge in [0.05, 0.1) is 5.84 Å². The molecule has 0 radical (unpaired) electrons. The van der Waals surface area contributed by atoms with Crippen LogP contribution in [0.1, 0.15) is 6.42 Å². The van der Waals surface area contributed by atoms with Crippen molar-refractivity contribution < 1.29 is 0 Å². The van der Waals surface area contributed by atoms with Gasteiger partial charge in [-0.2, -0.15) is 11.8 Å². The van der Waals surface area contributed by atoms with Crippen LogP contribution >= 0.6 is 24.2 Å². The number of nitrogens with two attached hydrogens (primary N) is 1. The molecule has 0 aromatic rings. The maximum atomic E-state index is 6.76. The zero-order chi connectivity index (χ0) is 5.70. The molecule has 0 heterocycles. The summed E-state index contributed by atoms with van der Waals surface area (Å²) in [5.74, 6) is 1.25. The van der Waals surface area contributed by atoms with E-state index in [1.54, 1.807) is 11.8 Å². The highest BCUT2D eigenvalue weighted by atomic mass is 35.5. The maximum Gasteiger partial charge on any atom is 0.0913 e. The minimum Gasteiger partial charge on any atom is -0.388 e. The van der Waals surface area contributed by atoms with E-state index in [1.807, 2.05) is 6.26 Å². The Morgan fingerprint density at radius 2 is 2.25 bits per heavy atom. The lowest BCUT2D eigenvalue weighted by molar-refractivity contribution is 1.23. The van der Waals surface area contributed by atoms with Gasteiger partial charge in [-0.25, -0.2) is 0 Å².